The van der Waals surface area contributed by atoms with E-state index in [2.05, 4.69) is 31.2 Å². The van der Waals surface area contributed by atoms with E-state index in [0.29, 0.717) is 11.6 Å². The number of halogens is 4. The summed E-state index contributed by atoms with van der Waals surface area (Å²) in [5.41, 5.74) is 2.73. The van der Waals surface area contributed by atoms with Crippen LogP contribution in [0.25, 0.3) is 10.9 Å². The van der Waals surface area contributed by atoms with Crippen LogP contribution in [-0.2, 0) is 18.8 Å². The topological polar surface area (TPSA) is 58.0 Å². The van der Waals surface area contributed by atoms with Crippen LogP contribution >= 0.6 is 15.9 Å². The van der Waals surface area contributed by atoms with E-state index < -0.39 is 36.4 Å². The molecule has 1 aliphatic rings. The molecular weight excluding hydrogens is 471 g/mol. The summed E-state index contributed by atoms with van der Waals surface area (Å²) in [6, 6.07) is 5.30. The van der Waals surface area contributed by atoms with Gasteiger partial charge in [0.15, 0.2) is 0 Å². The molecule has 0 saturated heterocycles. The van der Waals surface area contributed by atoms with E-state index in [1.165, 1.54) is 23.3 Å². The fourth-order valence-corrected chi connectivity index (χ4v) is 4.93. The minimum absolute atomic E-state index is 0.111. The maximum atomic E-state index is 15.0. The largest absolute Gasteiger partial charge is 0.396 e. The van der Waals surface area contributed by atoms with E-state index in [9.17, 15) is 8.78 Å². The van der Waals surface area contributed by atoms with Crippen molar-refractivity contribution in [2.45, 2.75) is 51.5 Å². The fraction of sp³-hybridized carbons (Fsp3) is 0.391. The summed E-state index contributed by atoms with van der Waals surface area (Å²) in [6.07, 6.45) is 2.17. The summed E-state index contributed by atoms with van der Waals surface area (Å²) in [4.78, 5) is 9.16. The van der Waals surface area contributed by atoms with E-state index in [1.807, 2.05) is 6.07 Å². The average molecular weight is 494 g/mol. The second-order valence-electron chi connectivity index (χ2n) is 7.94. The van der Waals surface area contributed by atoms with Crippen molar-refractivity contribution in [2.75, 3.05) is 11.9 Å². The number of anilines is 1. The molecule has 0 aliphatic heterocycles. The highest BCUT2D eigenvalue weighted by Gasteiger charge is 2.35. The predicted molar refractivity (Wildman–Crippen MR) is 118 cm³/mol. The molecular formula is C23H23BrF3N3O. The number of aliphatic hydroxyl groups is 1. The fourth-order valence-electron chi connectivity index (χ4n) is 4.27. The van der Waals surface area contributed by atoms with Gasteiger partial charge in [-0.3, -0.25) is 0 Å². The smallest absolute Gasteiger partial charge is 0.278 e. The minimum atomic E-state index is -3.45. The van der Waals surface area contributed by atoms with Crippen molar-refractivity contribution in [3.8, 4) is 0 Å². The average Bonchev–Trinajstić information content (AvgIpc) is 3.20. The quantitative estimate of drug-likeness (QED) is 0.443. The molecule has 4 nitrogen and oxygen atoms in total. The lowest BCUT2D eigenvalue weighted by Gasteiger charge is -2.22. The van der Waals surface area contributed by atoms with Crippen LogP contribution in [0.3, 0.4) is 0 Å². The summed E-state index contributed by atoms with van der Waals surface area (Å²) >= 11 is 3.64. The second-order valence-corrected chi connectivity index (χ2v) is 8.79. The van der Waals surface area contributed by atoms with Gasteiger partial charge in [0.05, 0.1) is 17.1 Å². The molecule has 8 heteroatoms. The maximum absolute atomic E-state index is 15.0. The van der Waals surface area contributed by atoms with Crippen molar-refractivity contribution >= 4 is 32.7 Å². The number of aryl methyl sites for hydroxylation is 2. The summed E-state index contributed by atoms with van der Waals surface area (Å²) in [6.45, 7) is 2.78. The van der Waals surface area contributed by atoms with Gasteiger partial charge < -0.3 is 10.4 Å². The highest BCUT2D eigenvalue weighted by atomic mass is 79.9. The zero-order valence-corrected chi connectivity index (χ0v) is 18.9. The monoisotopic (exact) mass is 493 g/mol. The first-order chi connectivity index (χ1) is 14.7. The Hall–Kier alpha value is -2.19. The second kappa shape index (κ2) is 8.39. The number of alkyl halides is 2. The molecule has 1 aromatic heterocycles. The van der Waals surface area contributed by atoms with Crippen LogP contribution in [-0.4, -0.2) is 21.7 Å². The summed E-state index contributed by atoms with van der Waals surface area (Å²) in [7, 11) is 0. The lowest BCUT2D eigenvalue weighted by Crippen LogP contribution is -2.20. The maximum Gasteiger partial charge on any atom is 0.278 e. The summed E-state index contributed by atoms with van der Waals surface area (Å²) < 4.78 is 44.6. The molecule has 3 aromatic rings. The molecule has 2 N–H and O–H groups in total. The van der Waals surface area contributed by atoms with Gasteiger partial charge in [-0.05, 0) is 50.3 Å². The zero-order valence-electron chi connectivity index (χ0n) is 17.3. The van der Waals surface area contributed by atoms with Crippen LogP contribution in [0.5, 0.6) is 0 Å². The van der Waals surface area contributed by atoms with Crippen LogP contribution in [0, 0.1) is 12.7 Å². The van der Waals surface area contributed by atoms with E-state index in [1.54, 1.807) is 13.8 Å². The lowest BCUT2D eigenvalue weighted by atomic mass is 9.98. The molecule has 31 heavy (non-hydrogen) atoms. The van der Waals surface area contributed by atoms with E-state index in [0.717, 1.165) is 40.7 Å². The lowest BCUT2D eigenvalue weighted by molar-refractivity contribution is -0.0301. The minimum Gasteiger partial charge on any atom is -0.396 e. The van der Waals surface area contributed by atoms with Gasteiger partial charge in [0, 0.05) is 28.5 Å². The van der Waals surface area contributed by atoms with Crippen LogP contribution in [0.4, 0.5) is 19.0 Å². The van der Waals surface area contributed by atoms with E-state index in [4.69, 9.17) is 5.11 Å². The van der Waals surface area contributed by atoms with Crippen molar-refractivity contribution in [3.63, 3.8) is 0 Å². The van der Waals surface area contributed by atoms with Gasteiger partial charge in [-0.25, -0.2) is 23.1 Å². The van der Waals surface area contributed by atoms with E-state index >= 15 is 4.39 Å². The Labute approximate surface area is 187 Å². The molecule has 0 saturated carbocycles. The van der Waals surface area contributed by atoms with Gasteiger partial charge >= 0.3 is 0 Å². The zero-order chi connectivity index (χ0) is 22.3. The van der Waals surface area contributed by atoms with Crippen molar-refractivity contribution in [3.05, 3.63) is 62.6 Å². The van der Waals surface area contributed by atoms with E-state index in [-0.39, 0.29) is 5.56 Å². The third-order valence-electron chi connectivity index (χ3n) is 5.79. The Morgan fingerprint density at radius 2 is 1.97 bits per heavy atom. The number of fused-ring (bicyclic) bond motifs is 3. The van der Waals surface area contributed by atoms with Gasteiger partial charge in [-0.15, -0.1) is 0 Å². The molecule has 0 spiro atoms. The first-order valence-electron chi connectivity index (χ1n) is 10.3. The Bertz CT molecular complexity index is 1150. The molecule has 1 unspecified atom stereocenters. The van der Waals surface area contributed by atoms with Crippen LogP contribution < -0.4 is 5.32 Å². The number of aliphatic hydroxyl groups excluding tert-OH is 1. The number of hydrogen-bond acceptors (Lipinski definition) is 4. The SMILES string of the molecule is Cc1nc(NC(C)c2cccc(C(F)(F)CCO)c2F)c2cc(Br)c3c(c2n1)CCC3. The van der Waals surface area contributed by atoms with Gasteiger partial charge in [0.1, 0.15) is 17.5 Å². The first-order valence-corrected chi connectivity index (χ1v) is 11.0. The van der Waals surface area contributed by atoms with Gasteiger partial charge in [-0.1, -0.05) is 34.1 Å². The van der Waals surface area contributed by atoms with Crippen molar-refractivity contribution in [1.82, 2.24) is 9.97 Å². The standard InChI is InChI=1S/C23H23BrF3N3O/c1-12(14-5-4-8-18(20(14)25)23(26,27)9-10-31)28-22-17-11-19(24)15-6-3-7-16(15)21(17)29-13(2)30-22/h4-5,8,11-12,31H,3,6-7,9-10H2,1-2H3,(H,28,29,30). The van der Waals surface area contributed by atoms with Crippen LogP contribution in [0.1, 0.15) is 53.9 Å². The third kappa shape index (κ3) is 4.03. The van der Waals surface area contributed by atoms with Crippen LogP contribution in [0.2, 0.25) is 0 Å². The molecule has 4 rings (SSSR count). The Morgan fingerprint density at radius 1 is 1.23 bits per heavy atom. The molecule has 0 fully saturated rings. The number of rotatable bonds is 6. The van der Waals surface area contributed by atoms with Crippen molar-refractivity contribution < 1.29 is 18.3 Å². The molecule has 164 valence electrons. The molecule has 1 heterocycles. The Morgan fingerprint density at radius 3 is 2.71 bits per heavy atom. The van der Waals surface area contributed by atoms with Crippen molar-refractivity contribution in [2.24, 2.45) is 0 Å². The number of nitrogens with one attached hydrogen (secondary N) is 1. The van der Waals surface area contributed by atoms with Gasteiger partial charge in [0.2, 0.25) is 0 Å². The summed E-state index contributed by atoms with van der Waals surface area (Å²) in [5, 5.41) is 12.9. The molecule has 0 bridgehead atoms. The van der Waals surface area contributed by atoms with Crippen LogP contribution in [0.15, 0.2) is 28.7 Å². The van der Waals surface area contributed by atoms with Gasteiger partial charge in [0.25, 0.3) is 5.92 Å². The predicted octanol–water partition coefficient (Wildman–Crippen LogP) is 5.98. The van der Waals surface area contributed by atoms with Crippen molar-refractivity contribution in [1.29, 1.82) is 0 Å². The molecule has 0 amide bonds. The molecule has 1 aliphatic carbocycles. The van der Waals surface area contributed by atoms with Gasteiger partial charge in [-0.2, -0.15) is 0 Å². The Kier molecular flexibility index (Phi) is 5.96. The number of benzene rings is 2. The number of aromatic nitrogens is 2. The first kappa shape index (κ1) is 22.0. The summed E-state index contributed by atoms with van der Waals surface area (Å²) in [5.74, 6) is -3.30. The normalized spacial score (nSPS) is 14.7. The highest BCUT2D eigenvalue weighted by molar-refractivity contribution is 9.10. The number of nitrogens with zero attached hydrogens (tertiary/aromatic N) is 2. The third-order valence-corrected chi connectivity index (χ3v) is 6.50. The molecule has 0 radical (unpaired) electrons. The molecule has 2 aromatic carbocycles. The Balaban J connectivity index is 1.75. The number of hydrogen-bond donors (Lipinski definition) is 2. The molecule has 1 atom stereocenters. The highest BCUT2D eigenvalue weighted by Crippen LogP contribution is 2.39.